The average molecular weight is 392 g/mol. The van der Waals surface area contributed by atoms with Gasteiger partial charge in [0.1, 0.15) is 5.69 Å². The van der Waals surface area contributed by atoms with Crippen molar-refractivity contribution in [2.45, 2.75) is 13.1 Å². The van der Waals surface area contributed by atoms with E-state index >= 15 is 0 Å². The Morgan fingerprint density at radius 1 is 1.04 bits per heavy atom. The van der Waals surface area contributed by atoms with E-state index in [2.05, 4.69) is 10.3 Å². The van der Waals surface area contributed by atoms with E-state index in [1.54, 1.807) is 9.80 Å². The predicted octanol–water partition coefficient (Wildman–Crippen LogP) is 3.15. The van der Waals surface area contributed by atoms with Crippen LogP contribution in [0.1, 0.15) is 23.0 Å². The monoisotopic (exact) mass is 392 g/mol. The molecule has 0 aliphatic carbocycles. The van der Waals surface area contributed by atoms with Crippen molar-refractivity contribution in [1.29, 1.82) is 0 Å². The van der Waals surface area contributed by atoms with E-state index in [-0.39, 0.29) is 23.2 Å². The largest absolute Gasteiger partial charge is 0.418 e. The lowest BCUT2D eigenvalue weighted by Crippen LogP contribution is -2.50. The van der Waals surface area contributed by atoms with Crippen LogP contribution in [0.25, 0.3) is 0 Å². The number of pyridine rings is 1. The van der Waals surface area contributed by atoms with Crippen LogP contribution >= 0.6 is 0 Å². The Labute approximate surface area is 160 Å². The van der Waals surface area contributed by atoms with Crippen molar-refractivity contribution in [2.24, 2.45) is 0 Å². The van der Waals surface area contributed by atoms with Gasteiger partial charge < -0.3 is 15.1 Å². The van der Waals surface area contributed by atoms with Crippen LogP contribution in [0.5, 0.6) is 0 Å². The molecule has 6 nitrogen and oxygen atoms in total. The molecule has 148 valence electrons. The molecule has 2 amide bonds. The summed E-state index contributed by atoms with van der Waals surface area (Å²) in [5, 5.41) is 2.72. The highest BCUT2D eigenvalue weighted by atomic mass is 19.4. The first-order chi connectivity index (χ1) is 13.3. The normalized spacial score (nSPS) is 14.7. The van der Waals surface area contributed by atoms with E-state index in [0.29, 0.717) is 31.9 Å². The number of hydrogen-bond donors (Lipinski definition) is 1. The quantitative estimate of drug-likeness (QED) is 0.872. The molecule has 0 saturated carbocycles. The third kappa shape index (κ3) is 4.41. The number of para-hydroxylation sites is 1. The molecule has 2 heterocycles. The number of nitrogens with one attached hydrogen (secondary N) is 1. The minimum atomic E-state index is -4.49. The lowest BCUT2D eigenvalue weighted by atomic mass is 10.1. The predicted molar refractivity (Wildman–Crippen MR) is 97.1 cm³/mol. The van der Waals surface area contributed by atoms with Crippen LogP contribution in [-0.2, 0) is 11.0 Å². The van der Waals surface area contributed by atoms with Gasteiger partial charge in [0.15, 0.2) is 0 Å². The molecule has 2 aromatic rings. The van der Waals surface area contributed by atoms with Gasteiger partial charge in [-0.25, -0.2) is 0 Å². The van der Waals surface area contributed by atoms with Gasteiger partial charge in [-0.1, -0.05) is 12.1 Å². The van der Waals surface area contributed by atoms with Crippen molar-refractivity contribution < 1.29 is 22.8 Å². The molecule has 28 heavy (non-hydrogen) atoms. The second-order valence-electron chi connectivity index (χ2n) is 6.40. The highest BCUT2D eigenvalue weighted by Gasteiger charge is 2.33. The van der Waals surface area contributed by atoms with Crippen molar-refractivity contribution in [1.82, 2.24) is 14.8 Å². The van der Waals surface area contributed by atoms with Gasteiger partial charge in [0.2, 0.25) is 5.91 Å². The molecule has 0 radical (unpaired) electrons. The molecular formula is C19H19F3N4O2. The van der Waals surface area contributed by atoms with Crippen LogP contribution in [0, 0.1) is 0 Å². The zero-order valence-electron chi connectivity index (χ0n) is 15.2. The van der Waals surface area contributed by atoms with Gasteiger partial charge in [-0.05, 0) is 24.3 Å². The molecule has 1 aromatic heterocycles. The number of halogens is 3. The summed E-state index contributed by atoms with van der Waals surface area (Å²) >= 11 is 0. The molecule has 0 unspecified atom stereocenters. The number of carbonyl (C=O) groups excluding carboxylic acids is 2. The lowest BCUT2D eigenvalue weighted by molar-refractivity contribution is -0.137. The Kier molecular flexibility index (Phi) is 5.53. The van der Waals surface area contributed by atoms with Gasteiger partial charge in [-0.3, -0.25) is 14.6 Å². The van der Waals surface area contributed by atoms with Crippen molar-refractivity contribution in [3.05, 3.63) is 53.9 Å². The zero-order chi connectivity index (χ0) is 20.3. The summed E-state index contributed by atoms with van der Waals surface area (Å²) in [7, 11) is 0. The van der Waals surface area contributed by atoms with Crippen LogP contribution in [0.15, 0.2) is 42.6 Å². The van der Waals surface area contributed by atoms with E-state index < -0.39 is 11.7 Å². The second kappa shape index (κ2) is 7.87. The van der Waals surface area contributed by atoms with Gasteiger partial charge in [0.25, 0.3) is 5.91 Å². The van der Waals surface area contributed by atoms with Crippen LogP contribution in [0.2, 0.25) is 0 Å². The SMILES string of the molecule is CC(=O)N1CCN(C(=O)c2cc(Nc3ccccc3C(F)(F)F)ccn2)CC1. The zero-order valence-corrected chi connectivity index (χ0v) is 15.2. The molecule has 1 fully saturated rings. The topological polar surface area (TPSA) is 65.5 Å². The average Bonchev–Trinajstić information content (AvgIpc) is 2.67. The molecule has 3 rings (SSSR count). The molecule has 1 aliphatic heterocycles. The molecule has 9 heteroatoms. The van der Waals surface area contributed by atoms with Crippen LogP contribution in [-0.4, -0.2) is 52.8 Å². The number of hydrogen-bond acceptors (Lipinski definition) is 4. The van der Waals surface area contributed by atoms with E-state index in [0.717, 1.165) is 6.07 Å². The Hall–Kier alpha value is -3.10. The number of anilines is 2. The molecular weight excluding hydrogens is 373 g/mol. The van der Waals surface area contributed by atoms with E-state index in [1.807, 2.05) is 0 Å². The van der Waals surface area contributed by atoms with Crippen molar-refractivity contribution in [3.8, 4) is 0 Å². The van der Waals surface area contributed by atoms with Crippen LogP contribution < -0.4 is 5.32 Å². The summed E-state index contributed by atoms with van der Waals surface area (Å²) < 4.78 is 39.4. The molecule has 0 atom stereocenters. The van der Waals surface area contributed by atoms with E-state index in [9.17, 15) is 22.8 Å². The van der Waals surface area contributed by atoms with Crippen LogP contribution in [0.4, 0.5) is 24.5 Å². The fraction of sp³-hybridized carbons (Fsp3) is 0.316. The maximum absolute atomic E-state index is 13.1. The third-order valence-corrected chi connectivity index (χ3v) is 4.50. The van der Waals surface area contributed by atoms with Crippen LogP contribution in [0.3, 0.4) is 0 Å². The maximum Gasteiger partial charge on any atom is 0.418 e. The molecule has 1 aliphatic rings. The third-order valence-electron chi connectivity index (χ3n) is 4.50. The summed E-state index contributed by atoms with van der Waals surface area (Å²) in [4.78, 5) is 31.3. The van der Waals surface area contributed by atoms with Gasteiger partial charge in [-0.2, -0.15) is 13.2 Å². The summed E-state index contributed by atoms with van der Waals surface area (Å²) in [6.45, 7) is 3.13. The van der Waals surface area contributed by atoms with Crippen molar-refractivity contribution in [3.63, 3.8) is 0 Å². The van der Waals surface area contributed by atoms with Gasteiger partial charge in [0.05, 0.1) is 11.3 Å². The Bertz CT molecular complexity index is 877. The van der Waals surface area contributed by atoms with E-state index in [1.165, 1.54) is 43.5 Å². The Morgan fingerprint density at radius 2 is 1.68 bits per heavy atom. The van der Waals surface area contributed by atoms with Gasteiger partial charge >= 0.3 is 6.18 Å². The second-order valence-corrected chi connectivity index (χ2v) is 6.40. The summed E-state index contributed by atoms with van der Waals surface area (Å²) in [6.07, 6.45) is -3.12. The standard InChI is InChI=1S/C19H19F3N4O2/c1-13(27)25-8-10-26(11-9-25)18(28)17-12-14(6-7-23-17)24-16-5-3-2-4-15(16)19(20,21)22/h2-7,12H,8-11H2,1H3,(H,23,24). The minimum absolute atomic E-state index is 0.0419. The first-order valence-corrected chi connectivity index (χ1v) is 8.70. The summed E-state index contributed by atoms with van der Waals surface area (Å²) in [5.74, 6) is -0.365. The highest BCUT2D eigenvalue weighted by molar-refractivity contribution is 5.93. The number of benzene rings is 1. The van der Waals surface area contributed by atoms with Gasteiger partial charge in [-0.15, -0.1) is 0 Å². The number of carbonyl (C=O) groups is 2. The molecule has 1 aromatic carbocycles. The Morgan fingerprint density at radius 3 is 2.32 bits per heavy atom. The Balaban J connectivity index is 1.75. The summed E-state index contributed by atoms with van der Waals surface area (Å²) in [5.41, 5.74) is -0.432. The minimum Gasteiger partial charge on any atom is -0.355 e. The summed E-state index contributed by atoms with van der Waals surface area (Å²) in [6, 6.07) is 8.05. The van der Waals surface area contributed by atoms with E-state index in [4.69, 9.17) is 0 Å². The first kappa shape index (κ1) is 19.7. The number of aromatic nitrogens is 1. The molecule has 0 spiro atoms. The number of piperazine rings is 1. The van der Waals surface area contributed by atoms with Crippen molar-refractivity contribution in [2.75, 3.05) is 31.5 Å². The van der Waals surface area contributed by atoms with Crippen molar-refractivity contribution >= 4 is 23.2 Å². The fourth-order valence-electron chi connectivity index (χ4n) is 3.01. The smallest absolute Gasteiger partial charge is 0.355 e. The number of amides is 2. The lowest BCUT2D eigenvalue weighted by Gasteiger charge is -2.34. The highest BCUT2D eigenvalue weighted by Crippen LogP contribution is 2.35. The van der Waals surface area contributed by atoms with Gasteiger partial charge in [0, 0.05) is 45.0 Å². The fourth-order valence-corrected chi connectivity index (χ4v) is 3.01. The molecule has 1 saturated heterocycles. The maximum atomic E-state index is 13.1. The first-order valence-electron chi connectivity index (χ1n) is 8.70. The number of nitrogens with zero attached hydrogens (tertiary/aromatic N) is 3. The number of alkyl halides is 3. The molecule has 1 N–H and O–H groups in total. The number of rotatable bonds is 3. The molecule has 0 bridgehead atoms.